The molecule has 0 atom stereocenters. The van der Waals surface area contributed by atoms with E-state index < -0.39 is 5.97 Å². The Morgan fingerprint density at radius 1 is 1.13 bits per heavy atom. The molecule has 1 N–H and O–H groups in total. The van der Waals surface area contributed by atoms with Crippen molar-refractivity contribution in [1.82, 2.24) is 5.32 Å². The van der Waals surface area contributed by atoms with Gasteiger partial charge < -0.3 is 10.1 Å². The Morgan fingerprint density at radius 2 is 1.83 bits per heavy atom. The lowest BCUT2D eigenvalue weighted by Crippen LogP contribution is -2.24. The fourth-order valence-corrected chi connectivity index (χ4v) is 2.60. The highest BCUT2D eigenvalue weighted by atomic mass is 32.2. The van der Waals surface area contributed by atoms with Gasteiger partial charge in [-0.15, -0.1) is 11.8 Å². The molecule has 4 nitrogen and oxygen atoms in total. The highest BCUT2D eigenvalue weighted by Gasteiger charge is 2.07. The van der Waals surface area contributed by atoms with Crippen LogP contribution in [-0.2, 0) is 16.1 Å². The summed E-state index contributed by atoms with van der Waals surface area (Å²) < 4.78 is 18.0. The fourth-order valence-electron chi connectivity index (χ4n) is 1.83. The lowest BCUT2D eigenvalue weighted by atomic mass is 10.1. The molecule has 0 aliphatic rings. The van der Waals surface area contributed by atoms with Gasteiger partial charge in [0.2, 0.25) is 5.91 Å². The van der Waals surface area contributed by atoms with E-state index in [4.69, 9.17) is 0 Å². The third kappa shape index (κ3) is 5.10. The highest BCUT2D eigenvalue weighted by Crippen LogP contribution is 2.20. The number of amides is 1. The third-order valence-electron chi connectivity index (χ3n) is 3.06. The van der Waals surface area contributed by atoms with Crippen LogP contribution in [0.1, 0.15) is 15.9 Å². The van der Waals surface area contributed by atoms with Gasteiger partial charge in [0.05, 0.1) is 18.4 Å². The molecule has 0 aliphatic carbocycles. The van der Waals surface area contributed by atoms with E-state index in [1.807, 2.05) is 0 Å². The van der Waals surface area contributed by atoms with Crippen molar-refractivity contribution in [3.05, 3.63) is 65.5 Å². The minimum Gasteiger partial charge on any atom is -0.465 e. The summed E-state index contributed by atoms with van der Waals surface area (Å²) in [6, 6.07) is 13.1. The third-order valence-corrected chi connectivity index (χ3v) is 4.11. The molecule has 0 unspecified atom stereocenters. The number of carbonyl (C=O) groups is 2. The summed E-state index contributed by atoms with van der Waals surface area (Å²) in [5.41, 5.74) is 1.32. The van der Waals surface area contributed by atoms with Crippen molar-refractivity contribution in [2.75, 3.05) is 12.9 Å². The van der Waals surface area contributed by atoms with E-state index in [1.54, 1.807) is 42.5 Å². The maximum atomic E-state index is 13.4. The number of nitrogens with one attached hydrogen (secondary N) is 1. The maximum Gasteiger partial charge on any atom is 0.337 e. The van der Waals surface area contributed by atoms with E-state index in [9.17, 15) is 14.0 Å². The molecule has 0 saturated heterocycles. The van der Waals surface area contributed by atoms with Gasteiger partial charge in [-0.05, 0) is 29.8 Å². The molecule has 23 heavy (non-hydrogen) atoms. The predicted molar refractivity (Wildman–Crippen MR) is 86.8 cm³/mol. The zero-order valence-electron chi connectivity index (χ0n) is 12.5. The van der Waals surface area contributed by atoms with Gasteiger partial charge in [-0.3, -0.25) is 4.79 Å². The summed E-state index contributed by atoms with van der Waals surface area (Å²) >= 11 is 1.15. The molecule has 0 heterocycles. The molecule has 0 spiro atoms. The smallest absolute Gasteiger partial charge is 0.337 e. The number of thioether (sulfide) groups is 1. The molecule has 120 valence electrons. The van der Waals surface area contributed by atoms with Crippen molar-refractivity contribution in [1.29, 1.82) is 0 Å². The number of ether oxygens (including phenoxy) is 1. The number of esters is 1. The van der Waals surface area contributed by atoms with Crippen molar-refractivity contribution < 1.29 is 18.7 Å². The molecule has 0 saturated carbocycles. The Kier molecular flexibility index (Phi) is 6.17. The van der Waals surface area contributed by atoms with Crippen LogP contribution in [0, 0.1) is 5.82 Å². The zero-order valence-corrected chi connectivity index (χ0v) is 13.4. The van der Waals surface area contributed by atoms with Gasteiger partial charge in [-0.25, -0.2) is 9.18 Å². The molecule has 0 aliphatic heterocycles. The fraction of sp³-hybridized carbons (Fsp3) is 0.176. The summed E-state index contributed by atoms with van der Waals surface area (Å²) in [5.74, 6) is -0.776. The Hall–Kier alpha value is -2.34. The molecule has 0 aromatic heterocycles. The van der Waals surface area contributed by atoms with Crippen LogP contribution in [0.3, 0.4) is 0 Å². The van der Waals surface area contributed by atoms with E-state index in [-0.39, 0.29) is 17.5 Å². The maximum absolute atomic E-state index is 13.4. The first-order chi connectivity index (χ1) is 11.1. The van der Waals surface area contributed by atoms with Crippen LogP contribution in [0.15, 0.2) is 53.4 Å². The molecular formula is C17H16FNO3S. The highest BCUT2D eigenvalue weighted by molar-refractivity contribution is 8.00. The second-order valence-corrected chi connectivity index (χ2v) is 5.70. The molecule has 6 heteroatoms. The second kappa shape index (κ2) is 8.33. The summed E-state index contributed by atoms with van der Waals surface area (Å²) in [6.07, 6.45) is 0. The molecule has 2 aromatic carbocycles. The van der Waals surface area contributed by atoms with Crippen molar-refractivity contribution >= 4 is 23.6 Å². The van der Waals surface area contributed by atoms with Crippen molar-refractivity contribution in [3.8, 4) is 0 Å². The number of benzene rings is 2. The van der Waals surface area contributed by atoms with Crippen molar-refractivity contribution in [3.63, 3.8) is 0 Å². The minimum atomic E-state index is -0.401. The number of rotatable bonds is 6. The topological polar surface area (TPSA) is 55.4 Å². The minimum absolute atomic E-state index is 0.140. The number of halogens is 1. The van der Waals surface area contributed by atoms with Gasteiger partial charge in [0.25, 0.3) is 0 Å². The molecule has 0 radical (unpaired) electrons. The first kappa shape index (κ1) is 17.0. The van der Waals surface area contributed by atoms with Gasteiger partial charge >= 0.3 is 5.97 Å². The van der Waals surface area contributed by atoms with E-state index in [0.29, 0.717) is 17.0 Å². The van der Waals surface area contributed by atoms with Crippen LogP contribution in [0.5, 0.6) is 0 Å². The molecule has 0 fully saturated rings. The summed E-state index contributed by atoms with van der Waals surface area (Å²) in [4.78, 5) is 23.6. The lowest BCUT2D eigenvalue weighted by molar-refractivity contribution is -0.118. The largest absolute Gasteiger partial charge is 0.465 e. The zero-order chi connectivity index (χ0) is 16.7. The van der Waals surface area contributed by atoms with Gasteiger partial charge in [-0.1, -0.05) is 24.3 Å². The second-order valence-electron chi connectivity index (χ2n) is 4.68. The van der Waals surface area contributed by atoms with Crippen molar-refractivity contribution in [2.45, 2.75) is 11.4 Å². The summed E-state index contributed by atoms with van der Waals surface area (Å²) in [7, 11) is 1.32. The van der Waals surface area contributed by atoms with E-state index >= 15 is 0 Å². The van der Waals surface area contributed by atoms with Gasteiger partial charge in [-0.2, -0.15) is 0 Å². The first-order valence-corrected chi connectivity index (χ1v) is 7.90. The van der Waals surface area contributed by atoms with Gasteiger partial charge in [0, 0.05) is 11.4 Å². The standard InChI is InChI=1S/C17H16FNO3S/c1-22-17(21)13-8-6-12(7-9-13)10-19-16(20)11-23-15-5-3-2-4-14(15)18/h2-9H,10-11H2,1H3,(H,19,20). The molecule has 2 aromatic rings. The van der Waals surface area contributed by atoms with E-state index in [2.05, 4.69) is 10.1 Å². The predicted octanol–water partition coefficient (Wildman–Crippen LogP) is 3.02. The average Bonchev–Trinajstić information content (AvgIpc) is 2.59. The van der Waals surface area contributed by atoms with Crippen molar-refractivity contribution in [2.24, 2.45) is 0 Å². The molecule has 1 amide bonds. The average molecular weight is 333 g/mol. The number of hydrogen-bond acceptors (Lipinski definition) is 4. The van der Waals surface area contributed by atoms with Crippen LogP contribution in [0.4, 0.5) is 4.39 Å². The Labute approximate surface area is 138 Å². The molecular weight excluding hydrogens is 317 g/mol. The first-order valence-electron chi connectivity index (χ1n) is 6.91. The molecule has 2 rings (SSSR count). The Morgan fingerprint density at radius 3 is 2.48 bits per heavy atom. The van der Waals surface area contributed by atoms with Crippen LogP contribution < -0.4 is 5.32 Å². The van der Waals surface area contributed by atoms with Gasteiger partial charge in [0.1, 0.15) is 5.82 Å². The summed E-state index contributed by atoms with van der Waals surface area (Å²) in [6.45, 7) is 0.345. The normalized spacial score (nSPS) is 10.2. The van der Waals surface area contributed by atoms with Crippen LogP contribution >= 0.6 is 11.8 Å². The molecule has 0 bridgehead atoms. The number of hydrogen-bond donors (Lipinski definition) is 1. The SMILES string of the molecule is COC(=O)c1ccc(CNC(=O)CSc2ccccc2F)cc1. The van der Waals surface area contributed by atoms with Crippen LogP contribution in [-0.4, -0.2) is 24.7 Å². The monoisotopic (exact) mass is 333 g/mol. The number of methoxy groups -OCH3 is 1. The Balaban J connectivity index is 1.80. The van der Waals surface area contributed by atoms with Gasteiger partial charge in [0.15, 0.2) is 0 Å². The quantitative estimate of drug-likeness (QED) is 0.652. The number of carbonyl (C=O) groups excluding carboxylic acids is 2. The lowest BCUT2D eigenvalue weighted by Gasteiger charge is -2.06. The van der Waals surface area contributed by atoms with Crippen LogP contribution in [0.2, 0.25) is 0 Å². The Bertz CT molecular complexity index is 688. The van der Waals surface area contributed by atoms with E-state index in [1.165, 1.54) is 13.2 Å². The van der Waals surface area contributed by atoms with Crippen LogP contribution in [0.25, 0.3) is 0 Å². The summed E-state index contributed by atoms with van der Waals surface area (Å²) in [5, 5.41) is 2.75. The van der Waals surface area contributed by atoms with E-state index in [0.717, 1.165) is 17.3 Å².